The minimum atomic E-state index is -1.05. The molecular formula is C21H30N4O4. The van der Waals surface area contributed by atoms with E-state index in [0.717, 1.165) is 25.9 Å². The van der Waals surface area contributed by atoms with Crippen molar-refractivity contribution in [2.45, 2.75) is 51.0 Å². The fourth-order valence-corrected chi connectivity index (χ4v) is 4.47. The summed E-state index contributed by atoms with van der Waals surface area (Å²) in [6, 6.07) is 4.94. The number of aromatic carboxylic acids is 1. The first-order valence-corrected chi connectivity index (χ1v) is 10.3. The largest absolute Gasteiger partial charge is 0.478 e. The van der Waals surface area contributed by atoms with Crippen molar-refractivity contribution in [3.63, 3.8) is 0 Å². The van der Waals surface area contributed by atoms with Crippen LogP contribution in [-0.4, -0.2) is 59.5 Å². The van der Waals surface area contributed by atoms with Crippen molar-refractivity contribution >= 4 is 29.2 Å². The van der Waals surface area contributed by atoms with Crippen LogP contribution < -0.4 is 16.0 Å². The van der Waals surface area contributed by atoms with Crippen molar-refractivity contribution < 1.29 is 19.5 Å². The van der Waals surface area contributed by atoms with Crippen LogP contribution in [0.2, 0.25) is 0 Å². The molecule has 29 heavy (non-hydrogen) atoms. The third-order valence-electron chi connectivity index (χ3n) is 6.18. The second kappa shape index (κ2) is 8.82. The minimum absolute atomic E-state index is 0.142. The molecule has 2 heterocycles. The minimum Gasteiger partial charge on any atom is -0.478 e. The number of nitrogens with two attached hydrogens (primary N) is 1. The number of piperidine rings is 2. The van der Waals surface area contributed by atoms with Gasteiger partial charge in [-0.25, -0.2) is 4.79 Å². The van der Waals surface area contributed by atoms with Crippen LogP contribution in [0.3, 0.4) is 0 Å². The summed E-state index contributed by atoms with van der Waals surface area (Å²) >= 11 is 0. The number of carboxylic acid groups (broad SMARTS) is 1. The molecule has 2 amide bonds. The Hall–Kier alpha value is -2.61. The van der Waals surface area contributed by atoms with E-state index in [2.05, 4.69) is 10.2 Å². The smallest absolute Gasteiger partial charge is 0.337 e. The molecule has 1 aromatic rings. The number of carbonyl (C=O) groups is 3. The summed E-state index contributed by atoms with van der Waals surface area (Å²) in [4.78, 5) is 40.1. The summed E-state index contributed by atoms with van der Waals surface area (Å²) in [7, 11) is 0. The number of nitrogens with one attached hydrogen (secondary N) is 1. The van der Waals surface area contributed by atoms with E-state index in [1.54, 1.807) is 19.1 Å². The summed E-state index contributed by atoms with van der Waals surface area (Å²) in [6.07, 6.45) is 4.81. The van der Waals surface area contributed by atoms with Crippen LogP contribution in [0.1, 0.15) is 55.8 Å². The predicted molar refractivity (Wildman–Crippen MR) is 111 cm³/mol. The zero-order valence-corrected chi connectivity index (χ0v) is 16.9. The Balaban J connectivity index is 1.79. The first kappa shape index (κ1) is 21.1. The number of hydrogen-bond donors (Lipinski definition) is 3. The molecule has 0 bridgehead atoms. The molecule has 2 saturated heterocycles. The quantitative estimate of drug-likeness (QED) is 0.671. The standard InChI is InChI=1S/C21H30N4O4/c1-2-18(26)23-15-6-7-17(16(14-15)19(27)28)24-12-8-21(9-13-24,20(22)29)25-10-4-3-5-11-25/h6-7,14H,2-5,8-13H2,1H3,(H2,22,29)(H,23,26)(H,27,28). The fraction of sp³-hybridized carbons (Fsp3) is 0.571. The van der Waals surface area contributed by atoms with Crippen molar-refractivity contribution in [1.82, 2.24) is 4.90 Å². The van der Waals surface area contributed by atoms with Crippen molar-refractivity contribution in [3.8, 4) is 0 Å². The molecule has 0 aliphatic carbocycles. The van der Waals surface area contributed by atoms with Gasteiger partial charge in [-0.3, -0.25) is 14.5 Å². The third-order valence-corrected chi connectivity index (χ3v) is 6.18. The molecule has 0 aromatic heterocycles. The van der Waals surface area contributed by atoms with Crippen LogP contribution >= 0.6 is 0 Å². The zero-order chi connectivity index (χ0) is 21.0. The number of hydrogen-bond acceptors (Lipinski definition) is 5. The highest BCUT2D eigenvalue weighted by molar-refractivity contribution is 5.98. The van der Waals surface area contributed by atoms with E-state index in [-0.39, 0.29) is 17.4 Å². The van der Waals surface area contributed by atoms with E-state index >= 15 is 0 Å². The van der Waals surface area contributed by atoms with E-state index in [0.29, 0.717) is 43.7 Å². The lowest BCUT2D eigenvalue weighted by molar-refractivity contribution is -0.132. The van der Waals surface area contributed by atoms with Gasteiger partial charge in [-0.2, -0.15) is 0 Å². The lowest BCUT2D eigenvalue weighted by atomic mass is 9.83. The van der Waals surface area contributed by atoms with E-state index in [1.165, 1.54) is 12.5 Å². The SMILES string of the molecule is CCC(=O)Nc1ccc(N2CCC(C(N)=O)(N3CCCCC3)CC2)c(C(=O)O)c1. The molecule has 1 aromatic carbocycles. The molecule has 2 aliphatic rings. The summed E-state index contributed by atoms with van der Waals surface area (Å²) in [6.45, 7) is 4.62. The lowest BCUT2D eigenvalue weighted by Gasteiger charge is -2.48. The number of anilines is 2. The Kier molecular flexibility index (Phi) is 6.42. The van der Waals surface area contributed by atoms with Crippen LogP contribution in [0, 0.1) is 0 Å². The number of primary amides is 1. The van der Waals surface area contributed by atoms with Gasteiger partial charge in [-0.15, -0.1) is 0 Å². The molecule has 4 N–H and O–H groups in total. The van der Waals surface area contributed by atoms with E-state index in [4.69, 9.17) is 5.73 Å². The van der Waals surface area contributed by atoms with Crippen molar-refractivity contribution in [2.24, 2.45) is 5.73 Å². The summed E-state index contributed by atoms with van der Waals surface area (Å²) in [5.74, 6) is -1.50. The average molecular weight is 402 g/mol. The van der Waals surface area contributed by atoms with E-state index in [1.807, 2.05) is 4.90 Å². The van der Waals surface area contributed by atoms with Gasteiger partial charge in [0.25, 0.3) is 0 Å². The maximum absolute atomic E-state index is 12.4. The summed E-state index contributed by atoms with van der Waals surface area (Å²) < 4.78 is 0. The van der Waals surface area contributed by atoms with Gasteiger partial charge >= 0.3 is 5.97 Å². The molecular weight excluding hydrogens is 372 g/mol. The second-order valence-electron chi connectivity index (χ2n) is 7.87. The van der Waals surface area contributed by atoms with Crippen LogP contribution in [-0.2, 0) is 9.59 Å². The summed E-state index contributed by atoms with van der Waals surface area (Å²) in [5, 5.41) is 12.4. The van der Waals surface area contributed by atoms with Crippen molar-refractivity contribution in [3.05, 3.63) is 23.8 Å². The number of likely N-dealkylation sites (tertiary alicyclic amines) is 1. The van der Waals surface area contributed by atoms with Crippen LogP contribution in [0.25, 0.3) is 0 Å². The highest BCUT2D eigenvalue weighted by Crippen LogP contribution is 2.35. The van der Waals surface area contributed by atoms with Gasteiger partial charge in [0, 0.05) is 25.2 Å². The van der Waals surface area contributed by atoms with Crippen LogP contribution in [0.5, 0.6) is 0 Å². The van der Waals surface area contributed by atoms with E-state index < -0.39 is 11.5 Å². The predicted octanol–water partition coefficient (Wildman–Crippen LogP) is 2.04. The molecule has 3 rings (SSSR count). The first-order chi connectivity index (χ1) is 13.9. The monoisotopic (exact) mass is 402 g/mol. The molecule has 8 heteroatoms. The van der Waals surface area contributed by atoms with Gasteiger partial charge in [0.2, 0.25) is 11.8 Å². The van der Waals surface area contributed by atoms with Gasteiger partial charge in [0.1, 0.15) is 5.54 Å². The van der Waals surface area contributed by atoms with Crippen LogP contribution in [0.15, 0.2) is 18.2 Å². The fourth-order valence-electron chi connectivity index (χ4n) is 4.47. The van der Waals surface area contributed by atoms with Gasteiger partial charge in [0.05, 0.1) is 11.3 Å². The summed E-state index contributed by atoms with van der Waals surface area (Å²) in [5.41, 5.74) is 6.41. The highest BCUT2D eigenvalue weighted by atomic mass is 16.4. The van der Waals surface area contributed by atoms with Crippen molar-refractivity contribution in [2.75, 3.05) is 36.4 Å². The van der Waals surface area contributed by atoms with Gasteiger partial charge in [-0.05, 0) is 57.0 Å². The Morgan fingerprint density at radius 1 is 1.10 bits per heavy atom. The van der Waals surface area contributed by atoms with Gasteiger partial charge in [0.15, 0.2) is 0 Å². The number of carboxylic acids is 1. The number of rotatable bonds is 6. The Labute approximate surface area is 171 Å². The molecule has 2 fully saturated rings. The maximum Gasteiger partial charge on any atom is 0.337 e. The Morgan fingerprint density at radius 3 is 2.31 bits per heavy atom. The molecule has 8 nitrogen and oxygen atoms in total. The molecule has 0 unspecified atom stereocenters. The first-order valence-electron chi connectivity index (χ1n) is 10.3. The number of benzene rings is 1. The molecule has 0 atom stereocenters. The van der Waals surface area contributed by atoms with Gasteiger partial charge in [-0.1, -0.05) is 13.3 Å². The third kappa shape index (κ3) is 4.37. The number of nitrogens with zero attached hydrogens (tertiary/aromatic N) is 2. The molecule has 0 radical (unpaired) electrons. The zero-order valence-electron chi connectivity index (χ0n) is 16.9. The van der Waals surface area contributed by atoms with Crippen LogP contribution in [0.4, 0.5) is 11.4 Å². The van der Waals surface area contributed by atoms with Gasteiger partial charge < -0.3 is 21.1 Å². The molecule has 158 valence electrons. The second-order valence-corrected chi connectivity index (χ2v) is 7.87. The maximum atomic E-state index is 12.4. The topological polar surface area (TPSA) is 116 Å². The normalized spacial score (nSPS) is 19.6. The van der Waals surface area contributed by atoms with Crippen molar-refractivity contribution in [1.29, 1.82) is 0 Å². The van der Waals surface area contributed by atoms with E-state index in [9.17, 15) is 19.5 Å². The molecule has 2 aliphatic heterocycles. The Bertz CT molecular complexity index is 781. The lowest BCUT2D eigenvalue weighted by Crippen LogP contribution is -2.63. The number of amides is 2. The number of carbonyl (C=O) groups excluding carboxylic acids is 2. The molecule has 0 spiro atoms. The average Bonchev–Trinajstić information content (AvgIpc) is 2.74. The Morgan fingerprint density at radius 2 is 1.76 bits per heavy atom. The highest BCUT2D eigenvalue weighted by Gasteiger charge is 2.45. The molecule has 0 saturated carbocycles.